The van der Waals surface area contributed by atoms with Gasteiger partial charge in [-0.3, -0.25) is 0 Å². The van der Waals surface area contributed by atoms with Crippen molar-refractivity contribution in [3.05, 3.63) is 0 Å². The molecule has 88 valence electrons. The summed E-state index contributed by atoms with van der Waals surface area (Å²) in [5, 5.41) is 0. The molecule has 0 aromatic carbocycles. The molecule has 3 aliphatic rings. The first-order chi connectivity index (χ1) is 6.54. The summed E-state index contributed by atoms with van der Waals surface area (Å²) < 4.78 is 29.6. The molecule has 3 saturated heterocycles. The summed E-state index contributed by atoms with van der Waals surface area (Å²) in [4.78, 5) is 0. The fraction of sp³-hybridized carbons (Fsp3) is 1.00. The minimum Gasteiger partial charge on any atom is -0.416 e. The smallest absolute Gasteiger partial charge is 0.416 e. The Kier molecular flexibility index (Phi) is 2.52. The molecule has 3 fully saturated rings. The molecule has 0 radical (unpaired) electrons. The molecule has 3 rings (SSSR count). The van der Waals surface area contributed by atoms with Crippen LogP contribution >= 0.6 is 0 Å². The predicted octanol–water partition coefficient (Wildman–Crippen LogP) is 1.64. The molecule has 0 atom stereocenters. The Balaban J connectivity index is 2.23. The molecule has 9 heteroatoms. The molecule has 0 aromatic rings. The van der Waals surface area contributed by atoms with Crippen LogP contribution in [-0.2, 0) is 20.6 Å². The van der Waals surface area contributed by atoms with Crippen molar-refractivity contribution in [2.24, 2.45) is 0 Å². The molecule has 15 heavy (non-hydrogen) atoms. The van der Waals surface area contributed by atoms with Gasteiger partial charge in [-0.05, 0) is 26.2 Å². The van der Waals surface area contributed by atoms with E-state index >= 15 is 0 Å². The largest absolute Gasteiger partial charge is 0.474 e. The summed E-state index contributed by atoms with van der Waals surface area (Å²) in [7, 11) is -9.14. The van der Waals surface area contributed by atoms with E-state index in [9.17, 15) is 0 Å². The van der Waals surface area contributed by atoms with E-state index in [4.69, 9.17) is 20.6 Å². The number of hydrogen-bond donors (Lipinski definition) is 0. The van der Waals surface area contributed by atoms with Gasteiger partial charge in [0.25, 0.3) is 0 Å². The van der Waals surface area contributed by atoms with Gasteiger partial charge >= 0.3 is 34.7 Å². The Morgan fingerprint density at radius 1 is 0.467 bits per heavy atom. The lowest BCUT2D eigenvalue weighted by Gasteiger charge is -2.54. The van der Waals surface area contributed by atoms with Gasteiger partial charge in [0.15, 0.2) is 0 Å². The number of rotatable bonds is 0. The maximum atomic E-state index is 6.04. The Morgan fingerprint density at radius 3 is 1.13 bits per heavy atom. The minimum absolute atomic E-state index is 1.91. The molecule has 5 nitrogen and oxygen atoms in total. The zero-order valence-corrected chi connectivity index (χ0v) is 14.0. The van der Waals surface area contributed by atoms with Crippen molar-refractivity contribution in [2.45, 2.75) is 39.3 Å². The molecule has 2 bridgehead atoms. The second kappa shape index (κ2) is 3.11. The van der Waals surface area contributed by atoms with Crippen molar-refractivity contribution >= 4 is 34.7 Å². The molecule has 0 N–H and O–H groups in total. The summed E-state index contributed by atoms with van der Waals surface area (Å²) in [6.07, 6.45) is 0. The molecule has 0 aliphatic carbocycles. The van der Waals surface area contributed by atoms with Gasteiger partial charge in [-0.25, -0.2) is 0 Å². The van der Waals surface area contributed by atoms with Crippen LogP contribution in [-0.4, -0.2) is 34.7 Å². The molecule has 0 aromatic heterocycles. The zero-order valence-electron chi connectivity index (χ0n) is 10.0. The SMILES string of the molecule is C[Si]1(C)O[Si](C)(C)O[Si]2(C)O[Si](C)(O1)O2. The average Bonchev–Trinajstić information content (AvgIpc) is 1.70. The second-order valence-electron chi connectivity index (χ2n) is 5.03. The normalized spacial score (nSPS) is 47.6. The Bertz CT molecular complexity index is 253. The fourth-order valence-electron chi connectivity index (χ4n) is 2.29. The number of hydrogen-bond acceptors (Lipinski definition) is 5. The third-order valence-corrected chi connectivity index (χ3v) is 18.9. The average molecular weight is 283 g/mol. The van der Waals surface area contributed by atoms with Crippen molar-refractivity contribution in [3.8, 4) is 0 Å². The highest BCUT2D eigenvalue weighted by Crippen LogP contribution is 2.39. The minimum atomic E-state index is -2.40. The van der Waals surface area contributed by atoms with Crippen LogP contribution in [0.15, 0.2) is 0 Å². The van der Waals surface area contributed by atoms with E-state index in [1.807, 2.05) is 39.3 Å². The van der Waals surface area contributed by atoms with Crippen LogP contribution in [0.5, 0.6) is 0 Å². The second-order valence-corrected chi connectivity index (χ2v) is 18.2. The van der Waals surface area contributed by atoms with Crippen LogP contribution in [0.3, 0.4) is 0 Å². The summed E-state index contributed by atoms with van der Waals surface area (Å²) >= 11 is 0. The lowest BCUT2D eigenvalue weighted by molar-refractivity contribution is 0.0584. The van der Waals surface area contributed by atoms with Crippen LogP contribution < -0.4 is 0 Å². The maximum absolute atomic E-state index is 6.04. The van der Waals surface area contributed by atoms with E-state index in [1.54, 1.807) is 0 Å². The monoisotopic (exact) mass is 282 g/mol. The summed E-state index contributed by atoms with van der Waals surface area (Å²) in [6.45, 7) is 11.9. The zero-order chi connectivity index (χ0) is 11.5. The third kappa shape index (κ3) is 2.50. The van der Waals surface area contributed by atoms with E-state index in [0.717, 1.165) is 0 Å². The van der Waals surface area contributed by atoms with Gasteiger partial charge in [-0.2, -0.15) is 0 Å². The fourth-order valence-corrected chi connectivity index (χ4v) is 22.9. The highest BCUT2D eigenvalue weighted by molar-refractivity contribution is 6.97. The van der Waals surface area contributed by atoms with Crippen LogP contribution in [0, 0.1) is 0 Å². The third-order valence-electron chi connectivity index (χ3n) is 2.10. The van der Waals surface area contributed by atoms with Gasteiger partial charge < -0.3 is 20.6 Å². The molecule has 0 saturated carbocycles. The van der Waals surface area contributed by atoms with Gasteiger partial charge in [0.05, 0.1) is 0 Å². The van der Waals surface area contributed by atoms with Gasteiger partial charge in [-0.1, -0.05) is 0 Å². The topological polar surface area (TPSA) is 46.2 Å². The molecular formula is C6H18O5Si4. The maximum Gasteiger partial charge on any atom is 0.474 e. The molecule has 0 amide bonds. The Morgan fingerprint density at radius 2 is 0.800 bits per heavy atom. The van der Waals surface area contributed by atoms with Crippen LogP contribution in [0.4, 0.5) is 0 Å². The molecule has 3 heterocycles. The lowest BCUT2D eigenvalue weighted by atomic mass is 11.9. The van der Waals surface area contributed by atoms with Crippen molar-refractivity contribution < 1.29 is 20.6 Å². The first-order valence-corrected chi connectivity index (χ1v) is 15.1. The predicted molar refractivity (Wildman–Crippen MR) is 63.6 cm³/mol. The van der Waals surface area contributed by atoms with Gasteiger partial charge in [0, 0.05) is 13.1 Å². The van der Waals surface area contributed by atoms with Crippen molar-refractivity contribution in [1.82, 2.24) is 0 Å². The summed E-state index contributed by atoms with van der Waals surface area (Å²) in [5.74, 6) is 0. The van der Waals surface area contributed by atoms with Gasteiger partial charge in [-0.15, -0.1) is 0 Å². The molecule has 0 unspecified atom stereocenters. The highest BCUT2D eigenvalue weighted by atomic mass is 28.6. The number of fused-ring (bicyclic) bond motifs is 4. The van der Waals surface area contributed by atoms with E-state index in [0.29, 0.717) is 0 Å². The van der Waals surface area contributed by atoms with E-state index in [1.165, 1.54) is 0 Å². The molecular weight excluding hydrogens is 264 g/mol. The molecule has 3 aliphatic heterocycles. The van der Waals surface area contributed by atoms with Crippen molar-refractivity contribution in [3.63, 3.8) is 0 Å². The van der Waals surface area contributed by atoms with E-state index in [-0.39, 0.29) is 0 Å². The van der Waals surface area contributed by atoms with Gasteiger partial charge in [0.2, 0.25) is 0 Å². The van der Waals surface area contributed by atoms with Crippen LogP contribution in [0.1, 0.15) is 0 Å². The standard InChI is InChI=1S/C6H18O5Si4/c1-12(2)7-13(3,4)9-15(6)10-14(5,8-12)11-15/h1-6H3. The Hall–Kier alpha value is 0.668. The quantitative estimate of drug-likeness (QED) is 0.632. The van der Waals surface area contributed by atoms with Crippen molar-refractivity contribution in [1.29, 1.82) is 0 Å². The van der Waals surface area contributed by atoms with Crippen molar-refractivity contribution in [2.75, 3.05) is 0 Å². The van der Waals surface area contributed by atoms with Crippen LogP contribution in [0.25, 0.3) is 0 Å². The summed E-state index contributed by atoms with van der Waals surface area (Å²) in [5.41, 5.74) is 0. The first-order valence-electron chi connectivity index (χ1n) is 5.04. The Labute approximate surface area is 94.9 Å². The van der Waals surface area contributed by atoms with E-state index < -0.39 is 34.7 Å². The highest BCUT2D eigenvalue weighted by Gasteiger charge is 2.67. The van der Waals surface area contributed by atoms with Gasteiger partial charge in [0.1, 0.15) is 0 Å². The summed E-state index contributed by atoms with van der Waals surface area (Å²) in [6, 6.07) is 0. The molecule has 0 spiro atoms. The lowest BCUT2D eigenvalue weighted by Crippen LogP contribution is -2.78. The van der Waals surface area contributed by atoms with Crippen LogP contribution in [0.2, 0.25) is 39.3 Å². The van der Waals surface area contributed by atoms with E-state index in [2.05, 4.69) is 0 Å². The first kappa shape index (κ1) is 12.1.